The Balaban J connectivity index is 0.000000921. The molecule has 1 rings (SSSR count). The molecule has 90 valence electrons. The van der Waals surface area contributed by atoms with E-state index in [0.29, 0.717) is 6.04 Å². The Morgan fingerprint density at radius 1 is 1.33 bits per heavy atom. The van der Waals surface area contributed by atoms with Crippen LogP contribution < -0.4 is 5.32 Å². The van der Waals surface area contributed by atoms with Crippen LogP contribution in [0.4, 0.5) is 0 Å². The minimum atomic E-state index is -0.244. The highest BCUT2D eigenvalue weighted by atomic mass is 16.2. The van der Waals surface area contributed by atoms with Crippen LogP contribution in [-0.2, 0) is 4.79 Å². The number of carbonyl (C=O) groups excluding carboxylic acids is 1. The van der Waals surface area contributed by atoms with Gasteiger partial charge < -0.3 is 10.2 Å². The second-order valence-corrected chi connectivity index (χ2v) is 4.80. The van der Waals surface area contributed by atoms with Gasteiger partial charge in [0.25, 0.3) is 0 Å². The van der Waals surface area contributed by atoms with Gasteiger partial charge in [-0.25, -0.2) is 0 Å². The van der Waals surface area contributed by atoms with Crippen molar-refractivity contribution < 1.29 is 4.79 Å². The average Bonchev–Trinajstić information content (AvgIpc) is 2.19. The van der Waals surface area contributed by atoms with Gasteiger partial charge in [0.05, 0.1) is 0 Å². The first-order valence-electron chi connectivity index (χ1n) is 5.94. The van der Waals surface area contributed by atoms with Gasteiger partial charge in [-0.2, -0.15) is 0 Å². The third kappa shape index (κ3) is 4.20. The topological polar surface area (TPSA) is 32.3 Å². The summed E-state index contributed by atoms with van der Waals surface area (Å²) in [4.78, 5) is 13.9. The lowest BCUT2D eigenvalue weighted by Gasteiger charge is -2.37. The molecule has 0 radical (unpaired) electrons. The van der Waals surface area contributed by atoms with Gasteiger partial charge in [0.15, 0.2) is 0 Å². The monoisotopic (exact) mass is 214 g/mol. The smallest absolute Gasteiger partial charge is 0.228 e. The van der Waals surface area contributed by atoms with Crippen molar-refractivity contribution in [2.75, 3.05) is 19.6 Å². The Morgan fingerprint density at radius 3 is 2.27 bits per heavy atom. The molecule has 0 bridgehead atoms. The van der Waals surface area contributed by atoms with Gasteiger partial charge in [0, 0.05) is 31.1 Å². The van der Waals surface area contributed by atoms with E-state index < -0.39 is 0 Å². The van der Waals surface area contributed by atoms with E-state index in [1.165, 1.54) is 0 Å². The first kappa shape index (κ1) is 14.4. The molecule has 0 saturated carbocycles. The molecule has 1 heterocycles. The summed E-state index contributed by atoms with van der Waals surface area (Å²) in [5, 5.41) is 3.28. The van der Waals surface area contributed by atoms with E-state index >= 15 is 0 Å². The molecule has 0 aromatic rings. The van der Waals surface area contributed by atoms with Gasteiger partial charge in [0.2, 0.25) is 5.91 Å². The largest absolute Gasteiger partial charge is 0.337 e. The minimum absolute atomic E-state index is 0.244. The maximum atomic E-state index is 11.9. The van der Waals surface area contributed by atoms with Crippen molar-refractivity contribution in [1.82, 2.24) is 10.2 Å². The molecule has 0 spiro atoms. The summed E-state index contributed by atoms with van der Waals surface area (Å²) in [6.45, 7) is 14.7. The first-order chi connectivity index (χ1) is 6.93. The van der Waals surface area contributed by atoms with Crippen molar-refractivity contribution in [3.63, 3.8) is 0 Å². The molecule has 3 heteroatoms. The van der Waals surface area contributed by atoms with Crippen LogP contribution in [0.3, 0.4) is 0 Å². The van der Waals surface area contributed by atoms with E-state index in [4.69, 9.17) is 0 Å². The lowest BCUT2D eigenvalue weighted by molar-refractivity contribution is -0.142. The van der Waals surface area contributed by atoms with Crippen molar-refractivity contribution in [2.45, 2.75) is 47.6 Å². The first-order valence-corrected chi connectivity index (χ1v) is 5.94. The zero-order chi connectivity index (χ0) is 12.1. The molecule has 0 unspecified atom stereocenters. The fourth-order valence-corrected chi connectivity index (χ4v) is 1.57. The maximum absolute atomic E-state index is 11.9. The number of nitrogens with zero attached hydrogens (tertiary/aromatic N) is 1. The van der Waals surface area contributed by atoms with Crippen molar-refractivity contribution in [2.24, 2.45) is 5.41 Å². The van der Waals surface area contributed by atoms with E-state index in [1.807, 2.05) is 39.5 Å². The Kier molecular flexibility index (Phi) is 5.88. The number of piperazine rings is 1. The number of hydrogen-bond donors (Lipinski definition) is 1. The summed E-state index contributed by atoms with van der Waals surface area (Å²) >= 11 is 0. The second kappa shape index (κ2) is 6.11. The molecule has 0 aromatic heterocycles. The summed E-state index contributed by atoms with van der Waals surface area (Å²) in [6.07, 6.45) is 0. The van der Waals surface area contributed by atoms with E-state index in [-0.39, 0.29) is 11.3 Å². The SMILES string of the molecule is CC.C[C@@H]1CNCCN1C(=O)C(C)(C)C. The summed E-state index contributed by atoms with van der Waals surface area (Å²) in [6, 6.07) is 0.334. The molecule has 0 aromatic carbocycles. The molecule has 0 aliphatic carbocycles. The van der Waals surface area contributed by atoms with Gasteiger partial charge in [-0.1, -0.05) is 34.6 Å². The van der Waals surface area contributed by atoms with Crippen LogP contribution in [-0.4, -0.2) is 36.5 Å². The fourth-order valence-electron chi connectivity index (χ4n) is 1.57. The Morgan fingerprint density at radius 2 is 1.87 bits per heavy atom. The van der Waals surface area contributed by atoms with Crippen molar-refractivity contribution in [1.29, 1.82) is 0 Å². The highest BCUT2D eigenvalue weighted by Gasteiger charge is 2.31. The van der Waals surface area contributed by atoms with E-state index in [1.54, 1.807) is 0 Å². The molecule has 1 aliphatic heterocycles. The lowest BCUT2D eigenvalue weighted by Crippen LogP contribution is -2.55. The average molecular weight is 214 g/mol. The highest BCUT2D eigenvalue weighted by molar-refractivity contribution is 5.81. The summed E-state index contributed by atoms with van der Waals surface area (Å²) < 4.78 is 0. The predicted molar refractivity (Wildman–Crippen MR) is 64.8 cm³/mol. The Hall–Kier alpha value is -0.570. The minimum Gasteiger partial charge on any atom is -0.337 e. The number of carbonyl (C=O) groups is 1. The second-order valence-electron chi connectivity index (χ2n) is 4.80. The van der Waals surface area contributed by atoms with Gasteiger partial charge in [-0.15, -0.1) is 0 Å². The van der Waals surface area contributed by atoms with Crippen LogP contribution in [0.5, 0.6) is 0 Å². The van der Waals surface area contributed by atoms with Gasteiger partial charge in [0.1, 0.15) is 0 Å². The molecule has 1 aliphatic rings. The van der Waals surface area contributed by atoms with Gasteiger partial charge >= 0.3 is 0 Å². The van der Waals surface area contributed by atoms with Crippen LogP contribution in [0.1, 0.15) is 41.5 Å². The number of nitrogens with one attached hydrogen (secondary N) is 1. The van der Waals surface area contributed by atoms with Crippen LogP contribution in [0.2, 0.25) is 0 Å². The molecule has 1 saturated heterocycles. The molecule has 1 amide bonds. The number of rotatable bonds is 0. The quantitative estimate of drug-likeness (QED) is 0.668. The molecular formula is C12H26N2O. The van der Waals surface area contributed by atoms with Crippen LogP contribution >= 0.6 is 0 Å². The molecule has 1 fully saturated rings. The standard InChI is InChI=1S/C10H20N2O.C2H6/c1-8-7-11-5-6-12(8)9(13)10(2,3)4;1-2/h8,11H,5-7H2,1-4H3;1-2H3/t8-;/m1./s1. The van der Waals surface area contributed by atoms with E-state index in [0.717, 1.165) is 19.6 Å². The van der Waals surface area contributed by atoms with E-state index in [9.17, 15) is 4.79 Å². The number of amides is 1. The highest BCUT2D eigenvalue weighted by Crippen LogP contribution is 2.19. The fraction of sp³-hybridized carbons (Fsp3) is 0.917. The van der Waals surface area contributed by atoms with Gasteiger partial charge in [-0.05, 0) is 6.92 Å². The van der Waals surface area contributed by atoms with Crippen molar-refractivity contribution in [3.05, 3.63) is 0 Å². The zero-order valence-electron chi connectivity index (χ0n) is 11.1. The molecule has 15 heavy (non-hydrogen) atoms. The van der Waals surface area contributed by atoms with Crippen molar-refractivity contribution >= 4 is 5.91 Å². The van der Waals surface area contributed by atoms with Gasteiger partial charge in [-0.3, -0.25) is 4.79 Å². The third-order valence-corrected chi connectivity index (χ3v) is 2.40. The predicted octanol–water partition coefficient (Wildman–Crippen LogP) is 1.88. The maximum Gasteiger partial charge on any atom is 0.228 e. The summed E-state index contributed by atoms with van der Waals surface area (Å²) in [7, 11) is 0. The van der Waals surface area contributed by atoms with E-state index in [2.05, 4.69) is 12.2 Å². The van der Waals surface area contributed by atoms with Crippen LogP contribution in [0.25, 0.3) is 0 Å². The molecule has 3 nitrogen and oxygen atoms in total. The summed E-state index contributed by atoms with van der Waals surface area (Å²) in [5.41, 5.74) is -0.244. The summed E-state index contributed by atoms with van der Waals surface area (Å²) in [5.74, 6) is 0.265. The Bertz CT molecular complexity index is 196. The molecule has 1 atom stereocenters. The normalized spacial score (nSPS) is 21.7. The zero-order valence-corrected chi connectivity index (χ0v) is 11.1. The molecular weight excluding hydrogens is 188 g/mol. The third-order valence-electron chi connectivity index (χ3n) is 2.40. The van der Waals surface area contributed by atoms with Crippen LogP contribution in [0.15, 0.2) is 0 Å². The lowest BCUT2D eigenvalue weighted by atomic mass is 9.93. The number of hydrogen-bond acceptors (Lipinski definition) is 2. The van der Waals surface area contributed by atoms with Crippen LogP contribution in [0, 0.1) is 5.41 Å². The Labute approximate surface area is 94.2 Å². The van der Waals surface area contributed by atoms with Crippen molar-refractivity contribution in [3.8, 4) is 0 Å². The molecule has 1 N–H and O–H groups in total.